The van der Waals surface area contributed by atoms with Crippen molar-refractivity contribution in [2.24, 2.45) is 4.40 Å². The van der Waals surface area contributed by atoms with Gasteiger partial charge < -0.3 is 15.3 Å². The molecule has 0 saturated carbocycles. The molecule has 25 heavy (non-hydrogen) atoms. The lowest BCUT2D eigenvalue weighted by atomic mass is 9.86. The zero-order valence-electron chi connectivity index (χ0n) is 15.0. The minimum atomic E-state index is -4.10. The third-order valence-corrected chi connectivity index (χ3v) is 4.79. The first-order valence-corrected chi connectivity index (χ1v) is 9.52. The molecule has 1 aromatic rings. The summed E-state index contributed by atoms with van der Waals surface area (Å²) in [5.74, 6) is -1.08. The monoisotopic (exact) mass is 389 g/mol. The number of phenolic OH excluding ortho intramolecular Hbond substituents is 1. The first kappa shape index (κ1) is 21.2. The normalized spacial score (nSPS) is 12.4. The Morgan fingerprint density at radius 1 is 1.36 bits per heavy atom. The summed E-state index contributed by atoms with van der Waals surface area (Å²) < 4.78 is 28.5. The van der Waals surface area contributed by atoms with Gasteiger partial charge in [-0.3, -0.25) is 4.79 Å². The van der Waals surface area contributed by atoms with E-state index in [1.54, 1.807) is 20.2 Å². The largest absolute Gasteiger partial charge is 0.506 e. The highest BCUT2D eigenvalue weighted by Crippen LogP contribution is 2.34. The van der Waals surface area contributed by atoms with E-state index in [2.05, 4.69) is 9.71 Å². The molecule has 0 bridgehead atoms. The van der Waals surface area contributed by atoms with E-state index < -0.39 is 21.7 Å². The average Bonchev–Trinajstić information content (AvgIpc) is 2.50. The van der Waals surface area contributed by atoms with Crippen LogP contribution in [0.4, 0.5) is 0 Å². The Balaban J connectivity index is 3.48. The van der Waals surface area contributed by atoms with Crippen molar-refractivity contribution in [2.75, 3.05) is 20.0 Å². The molecule has 0 aromatic heterocycles. The molecule has 0 spiro atoms. The van der Waals surface area contributed by atoms with Crippen LogP contribution in [0.15, 0.2) is 21.4 Å². The number of hydrogen-bond acceptors (Lipinski definition) is 4. The smallest absolute Gasteiger partial charge is 0.287 e. The molecular weight excluding hydrogens is 366 g/mol. The number of aromatic hydroxyl groups is 1. The van der Waals surface area contributed by atoms with E-state index in [9.17, 15) is 18.3 Å². The highest BCUT2D eigenvalue weighted by molar-refractivity contribution is 7.90. The first-order chi connectivity index (χ1) is 11.4. The van der Waals surface area contributed by atoms with Gasteiger partial charge in [0.2, 0.25) is 5.91 Å². The molecule has 0 saturated heterocycles. The van der Waals surface area contributed by atoms with Crippen LogP contribution in [-0.2, 0) is 26.8 Å². The van der Waals surface area contributed by atoms with Gasteiger partial charge in [0.25, 0.3) is 10.0 Å². The average molecular weight is 390 g/mol. The van der Waals surface area contributed by atoms with Crippen molar-refractivity contribution in [2.45, 2.75) is 37.6 Å². The summed E-state index contributed by atoms with van der Waals surface area (Å²) in [7, 11) is -0.823. The topological polar surface area (TPSA) is 99.1 Å². The molecule has 1 aromatic carbocycles. The second kappa shape index (κ2) is 8.05. The number of amides is 1. The maximum atomic E-state index is 12.5. The highest BCUT2D eigenvalue weighted by atomic mass is 35.5. The summed E-state index contributed by atoms with van der Waals surface area (Å²) in [4.78, 5) is 12.5. The fraction of sp³-hybridized carbons (Fsp3) is 0.500. The number of carbonyl (C=O) groups is 1. The van der Waals surface area contributed by atoms with Crippen LogP contribution in [0.3, 0.4) is 0 Å². The van der Waals surface area contributed by atoms with Gasteiger partial charge in [-0.1, -0.05) is 20.8 Å². The molecule has 140 valence electrons. The second-order valence-corrected chi connectivity index (χ2v) is 8.67. The molecule has 0 atom stereocenters. The van der Waals surface area contributed by atoms with E-state index in [0.29, 0.717) is 5.56 Å². The summed E-state index contributed by atoms with van der Waals surface area (Å²) in [6.45, 7) is 5.71. The van der Waals surface area contributed by atoms with E-state index in [1.165, 1.54) is 11.0 Å². The number of carbonyl (C=O) groups excluding carboxylic acids is 1. The van der Waals surface area contributed by atoms with Gasteiger partial charge in [-0.2, -0.15) is 8.42 Å². The summed E-state index contributed by atoms with van der Waals surface area (Å²) in [6, 6.07) is 3.07. The Labute approximate surface area is 153 Å². The van der Waals surface area contributed by atoms with Crippen LogP contribution in [0.25, 0.3) is 0 Å². The van der Waals surface area contributed by atoms with Gasteiger partial charge in [0, 0.05) is 26.2 Å². The van der Waals surface area contributed by atoms with Crippen LogP contribution in [0.1, 0.15) is 31.9 Å². The van der Waals surface area contributed by atoms with Crippen molar-refractivity contribution >= 4 is 33.9 Å². The van der Waals surface area contributed by atoms with E-state index in [0.717, 1.165) is 6.34 Å². The summed E-state index contributed by atoms with van der Waals surface area (Å²) in [5, 5.41) is 12.9. The van der Waals surface area contributed by atoms with Gasteiger partial charge in [-0.15, -0.1) is 16.0 Å². The lowest BCUT2D eigenvalue weighted by Gasteiger charge is -2.22. The van der Waals surface area contributed by atoms with Gasteiger partial charge in [0.1, 0.15) is 22.9 Å². The predicted molar refractivity (Wildman–Crippen MR) is 98.7 cm³/mol. The third-order valence-electron chi connectivity index (χ3n) is 3.31. The molecule has 0 heterocycles. The van der Waals surface area contributed by atoms with Crippen LogP contribution >= 0.6 is 11.6 Å². The van der Waals surface area contributed by atoms with E-state index in [1.807, 2.05) is 20.8 Å². The minimum absolute atomic E-state index is 0.0405. The molecule has 0 aliphatic rings. The number of sulfonamides is 1. The number of rotatable bonds is 6. The fourth-order valence-electron chi connectivity index (χ4n) is 1.88. The van der Waals surface area contributed by atoms with E-state index >= 15 is 0 Å². The number of phenols is 1. The molecule has 1 rings (SSSR count). The second-order valence-electron chi connectivity index (χ2n) is 6.80. The van der Waals surface area contributed by atoms with Crippen molar-refractivity contribution < 1.29 is 18.3 Å². The fourth-order valence-corrected chi connectivity index (χ4v) is 3.06. The molecular formula is C16H24ClN3O4S. The number of nitrogens with zero attached hydrogens (tertiary/aromatic N) is 2. The number of halogens is 1. The molecule has 9 heteroatoms. The minimum Gasteiger partial charge on any atom is -0.506 e. The molecule has 0 aliphatic carbocycles. The standard InChI is InChI=1S/C16H24ClN3O4S/c1-16(2,3)12-6-11(9-18-14(21)8-17)15(22)13(7-12)25(23,24)19-10-20(4)5/h6-7,10,22H,8-9H2,1-5H3,(H,18,21)/b19-10+. The van der Waals surface area contributed by atoms with E-state index in [4.69, 9.17) is 11.6 Å². The number of hydrogen-bond donors (Lipinski definition) is 2. The van der Waals surface area contributed by atoms with Crippen molar-refractivity contribution in [1.82, 2.24) is 10.2 Å². The van der Waals surface area contributed by atoms with Crippen LogP contribution in [0.5, 0.6) is 5.75 Å². The lowest BCUT2D eigenvalue weighted by Crippen LogP contribution is -2.24. The Kier molecular flexibility index (Phi) is 6.84. The molecule has 2 N–H and O–H groups in total. The van der Waals surface area contributed by atoms with Gasteiger partial charge in [0.15, 0.2) is 0 Å². The maximum Gasteiger partial charge on any atom is 0.287 e. The Morgan fingerprint density at radius 3 is 2.44 bits per heavy atom. The van der Waals surface area contributed by atoms with Crippen LogP contribution in [0, 0.1) is 0 Å². The quantitative estimate of drug-likeness (QED) is 0.439. The summed E-state index contributed by atoms with van der Waals surface area (Å²) in [6.07, 6.45) is 1.15. The SMILES string of the molecule is CN(C)/C=N/S(=O)(=O)c1cc(C(C)(C)C)cc(CNC(=O)CCl)c1O. The van der Waals surface area contributed by atoms with Gasteiger partial charge >= 0.3 is 0 Å². The summed E-state index contributed by atoms with van der Waals surface area (Å²) in [5.41, 5.74) is 0.609. The van der Waals surface area contributed by atoms with Crippen molar-refractivity contribution in [1.29, 1.82) is 0 Å². The molecule has 0 radical (unpaired) electrons. The lowest BCUT2D eigenvalue weighted by molar-refractivity contribution is -0.118. The van der Waals surface area contributed by atoms with Crippen LogP contribution in [0.2, 0.25) is 0 Å². The zero-order chi connectivity index (χ0) is 19.4. The molecule has 0 unspecified atom stereocenters. The predicted octanol–water partition coefficient (Wildman–Crippen LogP) is 1.82. The Bertz CT molecular complexity index is 768. The molecule has 7 nitrogen and oxygen atoms in total. The van der Waals surface area contributed by atoms with Gasteiger partial charge in [-0.25, -0.2) is 0 Å². The Morgan fingerprint density at radius 2 is 1.96 bits per heavy atom. The number of nitrogens with one attached hydrogen (secondary N) is 1. The Hall–Kier alpha value is -1.80. The number of alkyl halides is 1. The van der Waals surface area contributed by atoms with Crippen LogP contribution < -0.4 is 5.32 Å². The van der Waals surface area contributed by atoms with Crippen molar-refractivity contribution in [3.8, 4) is 5.75 Å². The van der Waals surface area contributed by atoms with Crippen molar-refractivity contribution in [3.63, 3.8) is 0 Å². The molecule has 0 fully saturated rings. The van der Waals surface area contributed by atoms with Gasteiger partial charge in [-0.05, 0) is 23.1 Å². The first-order valence-electron chi connectivity index (χ1n) is 7.54. The molecule has 0 aliphatic heterocycles. The number of benzene rings is 1. The summed E-state index contributed by atoms with van der Waals surface area (Å²) >= 11 is 5.44. The van der Waals surface area contributed by atoms with E-state index in [-0.39, 0.29) is 28.3 Å². The highest BCUT2D eigenvalue weighted by Gasteiger charge is 2.25. The van der Waals surface area contributed by atoms with Crippen LogP contribution in [-0.4, -0.2) is 50.6 Å². The third kappa shape index (κ3) is 5.89. The maximum absolute atomic E-state index is 12.5. The zero-order valence-corrected chi connectivity index (χ0v) is 16.6. The molecule has 1 amide bonds. The van der Waals surface area contributed by atoms with Gasteiger partial charge in [0.05, 0.1) is 0 Å². The van der Waals surface area contributed by atoms with Crippen molar-refractivity contribution in [3.05, 3.63) is 23.3 Å².